The predicted octanol–water partition coefficient (Wildman–Crippen LogP) is 4.31. The van der Waals surface area contributed by atoms with Gasteiger partial charge in [0.15, 0.2) is 0 Å². The monoisotopic (exact) mass is 719 g/mol. The molecule has 2 fully saturated rings. The van der Waals surface area contributed by atoms with Crippen LogP contribution in [0, 0.1) is 11.8 Å². The summed E-state index contributed by atoms with van der Waals surface area (Å²) in [6.07, 6.45) is 4.51. The fourth-order valence-corrected chi connectivity index (χ4v) is 8.43. The van der Waals surface area contributed by atoms with Gasteiger partial charge in [-0.3, -0.25) is 19.2 Å². The van der Waals surface area contributed by atoms with Gasteiger partial charge in [0, 0.05) is 30.5 Å². The van der Waals surface area contributed by atoms with Crippen LogP contribution in [0.15, 0.2) is 83.4 Å². The van der Waals surface area contributed by atoms with Crippen molar-refractivity contribution < 1.29 is 33.8 Å². The summed E-state index contributed by atoms with van der Waals surface area (Å²) in [4.78, 5) is 62.2. The first-order valence-corrected chi connectivity index (χ1v) is 17.3. The highest BCUT2D eigenvalue weighted by molar-refractivity contribution is 9.11. The number of rotatable bonds is 5. The van der Waals surface area contributed by atoms with E-state index in [0.717, 1.165) is 0 Å². The number of benzene rings is 2. The van der Waals surface area contributed by atoms with E-state index in [9.17, 15) is 24.3 Å². The van der Waals surface area contributed by atoms with E-state index < -0.39 is 66.3 Å². The third-order valence-corrected chi connectivity index (χ3v) is 11.0. The summed E-state index contributed by atoms with van der Waals surface area (Å²) < 4.78 is 13.5. The van der Waals surface area contributed by atoms with E-state index in [0.29, 0.717) is 22.0 Å². The van der Waals surface area contributed by atoms with Crippen LogP contribution in [-0.2, 0) is 28.7 Å². The number of esters is 1. The van der Waals surface area contributed by atoms with Gasteiger partial charge in [0.25, 0.3) is 0 Å². The number of likely N-dealkylation sites (tertiary alicyclic amines) is 1. The minimum absolute atomic E-state index is 0.112. The lowest BCUT2D eigenvalue weighted by Gasteiger charge is -2.40. The summed E-state index contributed by atoms with van der Waals surface area (Å²) in [7, 11) is 1.70. The van der Waals surface area contributed by atoms with Gasteiger partial charge in [-0.2, -0.15) is 0 Å². The Balaban J connectivity index is 1.51. The predicted molar refractivity (Wildman–Crippen MR) is 181 cm³/mol. The van der Waals surface area contributed by atoms with Crippen LogP contribution >= 0.6 is 15.9 Å². The Hall–Kier alpha value is -3.80. The van der Waals surface area contributed by atoms with Crippen molar-refractivity contribution in [2.45, 2.75) is 75.6 Å². The quantitative estimate of drug-likeness (QED) is 0.362. The first kappa shape index (κ1) is 34.1. The number of halogens is 1. The topological polar surface area (TPSA) is 117 Å². The molecular weight excluding hydrogens is 678 g/mol. The number of hydrogen-bond acceptors (Lipinski definition) is 7. The van der Waals surface area contributed by atoms with Gasteiger partial charge in [-0.25, -0.2) is 0 Å². The summed E-state index contributed by atoms with van der Waals surface area (Å²) in [5.74, 6) is -3.77. The molecule has 6 rings (SSSR count). The second kappa shape index (κ2) is 13.6. The van der Waals surface area contributed by atoms with Crippen LogP contribution < -0.4 is 0 Å². The number of aliphatic hydroxyl groups excluding tert-OH is 1. The van der Waals surface area contributed by atoms with Crippen LogP contribution in [-0.4, -0.2) is 93.5 Å². The van der Waals surface area contributed by atoms with Gasteiger partial charge < -0.3 is 29.3 Å². The number of carbonyl (C=O) groups excluding carboxylic acids is 4. The zero-order valence-corrected chi connectivity index (χ0v) is 29.2. The summed E-state index contributed by atoms with van der Waals surface area (Å²) in [6.45, 7) is 5.43. The average Bonchev–Trinajstić information content (AvgIpc) is 3.68. The first-order valence-electron chi connectivity index (χ1n) is 16.5. The molecule has 1 spiro atoms. The van der Waals surface area contributed by atoms with Crippen LogP contribution in [0.3, 0.4) is 0 Å². The van der Waals surface area contributed by atoms with Gasteiger partial charge in [-0.05, 0) is 44.4 Å². The Morgan fingerprint density at radius 1 is 0.958 bits per heavy atom. The van der Waals surface area contributed by atoms with Gasteiger partial charge in [0.05, 0.1) is 24.6 Å². The van der Waals surface area contributed by atoms with Crippen molar-refractivity contribution in [3.05, 3.63) is 94.5 Å². The van der Waals surface area contributed by atoms with Gasteiger partial charge in [-0.15, -0.1) is 0 Å². The zero-order valence-electron chi connectivity index (χ0n) is 27.6. The lowest BCUT2D eigenvalue weighted by atomic mass is 9.74. The molecule has 4 aliphatic heterocycles. The Bertz CT molecular complexity index is 1610. The lowest BCUT2D eigenvalue weighted by Crippen LogP contribution is -2.58. The molecule has 8 atom stereocenters. The molecule has 4 heterocycles. The van der Waals surface area contributed by atoms with Crippen molar-refractivity contribution in [1.82, 2.24) is 14.7 Å². The fourth-order valence-electron chi connectivity index (χ4n) is 7.69. The van der Waals surface area contributed by atoms with Crippen LogP contribution in [0.1, 0.15) is 56.9 Å². The molecule has 48 heavy (non-hydrogen) atoms. The smallest absolute Gasteiger partial charge is 0.313 e. The number of allylic oxidation sites excluding steroid dienone is 1. The van der Waals surface area contributed by atoms with Gasteiger partial charge in [0.2, 0.25) is 17.7 Å². The molecule has 0 aliphatic carbocycles. The number of aliphatic hydroxyl groups is 1. The highest BCUT2D eigenvalue weighted by Crippen LogP contribution is 2.60. The number of carbonyl (C=O) groups is 4. The standard InChI is InChI=1S/C37H42BrN3O7/c1-22(2)40-19-13-7-12-18-28(43)39(4)23(3)31(25-16-10-6-11-17-25)47-36(46)29-30-34(44)41(27(21-42)24-14-8-5-9-15-24)33(35(40)45)37(30)20-26(38)32(29)48-37/h5-11,13-17,20,22-23,27,29-33,42H,12,18-19,21H2,1-4H3/b13-7-/t23-,27-,29+,30-,31+,32+,33+,37-/m1/s1. The molecule has 1 N–H and O–H groups in total. The number of likely N-dealkylation sites (N-methyl/N-ethyl adjacent to an activating group) is 1. The third-order valence-electron chi connectivity index (χ3n) is 10.3. The molecule has 2 aromatic carbocycles. The van der Waals surface area contributed by atoms with E-state index in [-0.39, 0.29) is 30.8 Å². The molecule has 11 heteroatoms. The van der Waals surface area contributed by atoms with Crippen LogP contribution in [0.5, 0.6) is 0 Å². The molecule has 10 nitrogen and oxygen atoms in total. The summed E-state index contributed by atoms with van der Waals surface area (Å²) in [5, 5.41) is 10.8. The first-order chi connectivity index (χ1) is 23.0. The summed E-state index contributed by atoms with van der Waals surface area (Å²) in [6, 6.07) is 15.5. The van der Waals surface area contributed by atoms with Crippen molar-refractivity contribution in [3.8, 4) is 0 Å². The van der Waals surface area contributed by atoms with Crippen molar-refractivity contribution >= 4 is 39.6 Å². The molecule has 2 aromatic rings. The Labute approximate surface area is 289 Å². The Morgan fingerprint density at radius 3 is 2.27 bits per heavy atom. The van der Waals surface area contributed by atoms with Crippen LogP contribution in [0.2, 0.25) is 0 Å². The second-order valence-electron chi connectivity index (χ2n) is 13.3. The van der Waals surface area contributed by atoms with Crippen molar-refractivity contribution in [1.29, 1.82) is 0 Å². The van der Waals surface area contributed by atoms with E-state index in [4.69, 9.17) is 9.47 Å². The molecule has 0 radical (unpaired) electrons. The number of nitrogens with zero attached hydrogens (tertiary/aromatic N) is 3. The Morgan fingerprint density at radius 2 is 1.62 bits per heavy atom. The van der Waals surface area contributed by atoms with Crippen LogP contribution in [0.25, 0.3) is 0 Å². The van der Waals surface area contributed by atoms with E-state index in [1.165, 1.54) is 4.90 Å². The summed E-state index contributed by atoms with van der Waals surface area (Å²) in [5.41, 5.74) is -0.133. The third kappa shape index (κ3) is 5.69. The number of fused-ring (bicyclic) bond motifs is 2. The van der Waals surface area contributed by atoms with Crippen LogP contribution in [0.4, 0.5) is 0 Å². The van der Waals surface area contributed by atoms with Gasteiger partial charge in [0.1, 0.15) is 29.8 Å². The zero-order chi connectivity index (χ0) is 34.3. The largest absolute Gasteiger partial charge is 0.455 e. The number of hydrogen-bond donors (Lipinski definition) is 1. The van der Waals surface area contributed by atoms with E-state index in [1.807, 2.05) is 93.6 Å². The second-order valence-corrected chi connectivity index (χ2v) is 14.2. The maximum absolute atomic E-state index is 14.8. The molecule has 2 saturated heterocycles. The SMILES string of the molecule is CC(C)N1C/C=C\CCC(=O)N(C)[C@H](C)[C@@H](c2ccccc2)OC(=O)[C@@H]2[C@H]3O[C@@]4(C=C3Br)[C@H](C1=O)N([C@H](CO)c1ccccc1)C(=O)[C@@H]24. The minimum atomic E-state index is -1.49. The maximum atomic E-state index is 14.8. The lowest BCUT2D eigenvalue weighted by molar-refractivity contribution is -0.164. The van der Waals surface area contributed by atoms with Gasteiger partial charge >= 0.3 is 5.97 Å². The number of ether oxygens (including phenoxy) is 2. The molecule has 0 aromatic heterocycles. The van der Waals surface area contributed by atoms with Crippen molar-refractivity contribution in [2.24, 2.45) is 11.8 Å². The highest BCUT2D eigenvalue weighted by atomic mass is 79.9. The Kier molecular flexibility index (Phi) is 9.66. The number of cyclic esters (lactones) is 1. The van der Waals surface area contributed by atoms with E-state index >= 15 is 0 Å². The van der Waals surface area contributed by atoms with E-state index in [2.05, 4.69) is 15.9 Å². The van der Waals surface area contributed by atoms with Crippen molar-refractivity contribution in [2.75, 3.05) is 20.2 Å². The normalized spacial score (nSPS) is 32.4. The average molecular weight is 721 g/mol. The summed E-state index contributed by atoms with van der Waals surface area (Å²) >= 11 is 3.61. The minimum Gasteiger partial charge on any atom is -0.455 e. The highest BCUT2D eigenvalue weighted by Gasteiger charge is 2.75. The molecule has 254 valence electrons. The van der Waals surface area contributed by atoms with Gasteiger partial charge in [-0.1, -0.05) is 88.7 Å². The molecule has 3 amide bonds. The molecule has 5 bridgehead atoms. The number of amides is 3. The fraction of sp³-hybridized carbons (Fsp3) is 0.459. The molecule has 0 saturated carbocycles. The molecule has 0 unspecified atom stereocenters. The molecular formula is C37H42BrN3O7. The molecule has 4 aliphatic rings. The maximum Gasteiger partial charge on any atom is 0.313 e. The van der Waals surface area contributed by atoms with Crippen molar-refractivity contribution in [3.63, 3.8) is 0 Å². The van der Waals surface area contributed by atoms with E-state index in [1.54, 1.807) is 22.9 Å².